The second-order valence-corrected chi connectivity index (χ2v) is 7.29. The molecule has 2 unspecified atom stereocenters. The maximum absolute atomic E-state index is 12.5. The maximum atomic E-state index is 12.5. The molecule has 1 aliphatic heterocycles. The van der Waals surface area contributed by atoms with Crippen LogP contribution < -0.4 is 10.2 Å². The third-order valence-corrected chi connectivity index (χ3v) is 5.82. The number of methoxy groups -OCH3 is 2. The van der Waals surface area contributed by atoms with Gasteiger partial charge in [0.25, 0.3) is 5.91 Å². The first kappa shape index (κ1) is 19.4. The van der Waals surface area contributed by atoms with E-state index in [1.807, 2.05) is 0 Å². The lowest BCUT2D eigenvalue weighted by molar-refractivity contribution is -0.920. The number of carbonyl (C=O) groups excluding carboxylic acids is 3. The van der Waals surface area contributed by atoms with Gasteiger partial charge in [-0.1, -0.05) is 0 Å². The van der Waals surface area contributed by atoms with Crippen molar-refractivity contribution in [3.05, 3.63) is 16.0 Å². The Bertz CT molecular complexity index is 670. The van der Waals surface area contributed by atoms with E-state index in [0.29, 0.717) is 23.2 Å². The summed E-state index contributed by atoms with van der Waals surface area (Å²) < 4.78 is 9.53. The van der Waals surface area contributed by atoms with Gasteiger partial charge in [0.2, 0.25) is 0 Å². The highest BCUT2D eigenvalue weighted by Gasteiger charge is 2.29. The van der Waals surface area contributed by atoms with E-state index in [9.17, 15) is 14.4 Å². The van der Waals surface area contributed by atoms with Gasteiger partial charge in [0.15, 0.2) is 6.54 Å². The SMILES string of the molecule is COC(=O)c1sc(NC(=O)C[NH+]2CCCCC2C)c(C(=O)OC)c1C. The number of esters is 2. The first-order valence-corrected chi connectivity index (χ1v) is 9.15. The molecule has 8 heteroatoms. The molecule has 1 aromatic rings. The van der Waals surface area contributed by atoms with E-state index in [1.165, 1.54) is 25.5 Å². The molecule has 2 heterocycles. The molecule has 1 amide bonds. The third-order valence-electron chi connectivity index (χ3n) is 4.63. The number of amides is 1. The van der Waals surface area contributed by atoms with E-state index < -0.39 is 11.9 Å². The second-order valence-electron chi connectivity index (χ2n) is 6.27. The number of anilines is 1. The molecule has 1 fully saturated rings. The molecule has 7 nitrogen and oxygen atoms in total. The number of nitrogens with one attached hydrogen (secondary N) is 2. The van der Waals surface area contributed by atoms with Crippen LogP contribution in [0.3, 0.4) is 0 Å². The van der Waals surface area contributed by atoms with Gasteiger partial charge in [0, 0.05) is 0 Å². The van der Waals surface area contributed by atoms with Gasteiger partial charge in [-0.25, -0.2) is 9.59 Å². The van der Waals surface area contributed by atoms with E-state index >= 15 is 0 Å². The highest BCUT2D eigenvalue weighted by molar-refractivity contribution is 7.18. The summed E-state index contributed by atoms with van der Waals surface area (Å²) >= 11 is 1.04. The quantitative estimate of drug-likeness (QED) is 0.757. The topological polar surface area (TPSA) is 86.1 Å². The number of quaternary nitrogens is 1. The van der Waals surface area contributed by atoms with Crippen LogP contribution in [-0.4, -0.2) is 51.2 Å². The van der Waals surface area contributed by atoms with Crippen LogP contribution >= 0.6 is 11.3 Å². The predicted molar refractivity (Wildman–Crippen MR) is 94.4 cm³/mol. The van der Waals surface area contributed by atoms with E-state index in [2.05, 4.69) is 12.2 Å². The molecule has 2 atom stereocenters. The minimum atomic E-state index is -0.585. The smallest absolute Gasteiger partial charge is 0.348 e. The molecular formula is C17H25N2O5S+. The molecule has 0 radical (unpaired) electrons. The number of thiophene rings is 1. The summed E-state index contributed by atoms with van der Waals surface area (Å²) in [5, 5.41) is 3.12. The van der Waals surface area contributed by atoms with E-state index in [1.54, 1.807) is 6.92 Å². The van der Waals surface area contributed by atoms with Gasteiger partial charge in [-0.15, -0.1) is 11.3 Å². The molecule has 25 heavy (non-hydrogen) atoms. The molecule has 0 aromatic carbocycles. The van der Waals surface area contributed by atoms with E-state index in [0.717, 1.165) is 30.7 Å². The molecule has 0 spiro atoms. The zero-order chi connectivity index (χ0) is 18.6. The Morgan fingerprint density at radius 2 is 1.88 bits per heavy atom. The lowest BCUT2D eigenvalue weighted by Crippen LogP contribution is -3.17. The minimum absolute atomic E-state index is 0.174. The average molecular weight is 369 g/mol. The van der Waals surface area contributed by atoms with Crippen molar-refractivity contribution < 1.29 is 28.8 Å². The van der Waals surface area contributed by atoms with Crippen LogP contribution in [0.1, 0.15) is 51.8 Å². The number of carbonyl (C=O) groups is 3. The van der Waals surface area contributed by atoms with Crippen molar-refractivity contribution in [2.75, 3.05) is 32.6 Å². The van der Waals surface area contributed by atoms with Crippen LogP contribution in [0.5, 0.6) is 0 Å². The monoisotopic (exact) mass is 369 g/mol. The van der Waals surface area contributed by atoms with Crippen LogP contribution in [0.25, 0.3) is 0 Å². The fourth-order valence-electron chi connectivity index (χ4n) is 3.13. The largest absolute Gasteiger partial charge is 0.465 e. The molecule has 0 aliphatic carbocycles. The van der Waals surface area contributed by atoms with Gasteiger partial charge in [-0.05, 0) is 38.7 Å². The van der Waals surface area contributed by atoms with Crippen molar-refractivity contribution in [1.82, 2.24) is 0 Å². The van der Waals surface area contributed by atoms with Crippen LogP contribution in [0.15, 0.2) is 0 Å². The van der Waals surface area contributed by atoms with Gasteiger partial charge in [-0.3, -0.25) is 4.79 Å². The first-order valence-electron chi connectivity index (χ1n) is 8.33. The van der Waals surface area contributed by atoms with Gasteiger partial charge in [-0.2, -0.15) is 0 Å². The Morgan fingerprint density at radius 3 is 2.48 bits per heavy atom. The summed E-state index contributed by atoms with van der Waals surface area (Å²) in [5.74, 6) is -1.30. The van der Waals surface area contributed by atoms with Crippen LogP contribution in [-0.2, 0) is 14.3 Å². The fraction of sp³-hybridized carbons (Fsp3) is 0.588. The fourth-order valence-corrected chi connectivity index (χ4v) is 4.26. The summed E-state index contributed by atoms with van der Waals surface area (Å²) in [4.78, 5) is 37.9. The predicted octanol–water partition coefficient (Wildman–Crippen LogP) is 1.03. The van der Waals surface area contributed by atoms with Gasteiger partial charge < -0.3 is 19.7 Å². The second kappa shape index (κ2) is 8.44. The zero-order valence-corrected chi connectivity index (χ0v) is 15.9. The number of likely N-dealkylation sites (tertiary alicyclic amines) is 1. The summed E-state index contributed by atoms with van der Waals surface area (Å²) in [6.07, 6.45) is 3.43. The van der Waals surface area contributed by atoms with Crippen LogP contribution in [0.4, 0.5) is 5.00 Å². The Kier molecular flexibility index (Phi) is 6.55. The van der Waals surface area contributed by atoms with Crippen molar-refractivity contribution in [3.63, 3.8) is 0 Å². The number of piperidine rings is 1. The zero-order valence-electron chi connectivity index (χ0n) is 15.1. The Balaban J connectivity index is 2.20. The molecule has 1 aromatic heterocycles. The molecule has 2 N–H and O–H groups in total. The molecule has 2 rings (SSSR count). The molecular weight excluding hydrogens is 344 g/mol. The molecule has 1 saturated heterocycles. The maximum Gasteiger partial charge on any atom is 0.348 e. The first-order chi connectivity index (χ1) is 11.9. The number of hydrogen-bond donors (Lipinski definition) is 2. The lowest BCUT2D eigenvalue weighted by atomic mass is 10.0. The number of rotatable bonds is 5. The Hall–Kier alpha value is -1.93. The summed E-state index contributed by atoms with van der Waals surface area (Å²) in [6, 6.07) is 0.440. The standard InChI is InChI=1S/C17H24N2O5S/c1-10-7-5-6-8-19(10)9-12(20)18-15-13(16(21)23-3)11(2)14(25-15)17(22)24-4/h10H,5-9H2,1-4H3,(H,18,20)/p+1. The normalized spacial score (nSPS) is 20.0. The van der Waals surface area contributed by atoms with Gasteiger partial charge in [0.05, 0.1) is 32.4 Å². The Labute approximate surface area is 151 Å². The van der Waals surface area contributed by atoms with Crippen molar-refractivity contribution >= 4 is 34.2 Å². The lowest BCUT2D eigenvalue weighted by Gasteiger charge is -2.29. The molecule has 1 aliphatic rings. The van der Waals surface area contributed by atoms with Gasteiger partial charge in [0.1, 0.15) is 9.88 Å². The average Bonchev–Trinajstić information content (AvgIpc) is 2.91. The van der Waals surface area contributed by atoms with Crippen molar-refractivity contribution in [2.24, 2.45) is 0 Å². The van der Waals surface area contributed by atoms with Crippen LogP contribution in [0.2, 0.25) is 0 Å². The highest BCUT2D eigenvalue weighted by atomic mass is 32.1. The van der Waals surface area contributed by atoms with Crippen molar-refractivity contribution in [1.29, 1.82) is 0 Å². The molecule has 0 saturated carbocycles. The molecule has 138 valence electrons. The van der Waals surface area contributed by atoms with Crippen molar-refractivity contribution in [3.8, 4) is 0 Å². The van der Waals surface area contributed by atoms with E-state index in [-0.39, 0.29) is 16.3 Å². The summed E-state index contributed by atoms with van der Waals surface area (Å²) in [7, 11) is 2.54. The number of hydrogen-bond acceptors (Lipinski definition) is 6. The highest BCUT2D eigenvalue weighted by Crippen LogP contribution is 2.34. The summed E-state index contributed by atoms with van der Waals surface area (Å²) in [5.41, 5.74) is 0.667. The third kappa shape index (κ3) is 4.38. The number of ether oxygens (including phenoxy) is 2. The van der Waals surface area contributed by atoms with Crippen LogP contribution in [0, 0.1) is 6.92 Å². The van der Waals surface area contributed by atoms with E-state index in [4.69, 9.17) is 9.47 Å². The minimum Gasteiger partial charge on any atom is -0.465 e. The van der Waals surface area contributed by atoms with Gasteiger partial charge >= 0.3 is 11.9 Å². The Morgan fingerprint density at radius 1 is 1.20 bits per heavy atom. The molecule has 0 bridgehead atoms. The summed E-state index contributed by atoms with van der Waals surface area (Å²) in [6.45, 7) is 5.09. The van der Waals surface area contributed by atoms with Crippen molar-refractivity contribution in [2.45, 2.75) is 39.2 Å².